The maximum Gasteiger partial charge on any atom is 0.252 e. The Kier molecular flexibility index (Phi) is 6.22. The van der Waals surface area contributed by atoms with Crippen LogP contribution in [0.4, 0.5) is 21.7 Å². The normalized spacial score (nSPS) is 18.2. The highest BCUT2D eigenvalue weighted by Gasteiger charge is 2.24. The molecule has 0 aliphatic heterocycles. The van der Waals surface area contributed by atoms with Crippen LogP contribution in [-0.4, -0.2) is 35.1 Å². The van der Waals surface area contributed by atoms with E-state index in [0.29, 0.717) is 17.1 Å². The Hall–Kier alpha value is -3.66. The molecule has 9 nitrogen and oxygen atoms in total. The first kappa shape index (κ1) is 21.6. The lowest BCUT2D eigenvalue weighted by atomic mass is 9.91. The quantitative estimate of drug-likeness (QED) is 0.438. The van der Waals surface area contributed by atoms with E-state index in [1.54, 1.807) is 18.4 Å². The summed E-state index contributed by atoms with van der Waals surface area (Å²) < 4.78 is 25.2. The molecule has 0 aromatic carbocycles. The number of primary amides is 1. The third kappa shape index (κ3) is 4.50. The van der Waals surface area contributed by atoms with E-state index in [9.17, 15) is 9.18 Å². The average molecular weight is 440 g/mol. The lowest BCUT2D eigenvalue weighted by molar-refractivity contribution is 0.100. The SMILES string of the molecule is COc1ncc(Nc2nc(NC3CCCCC3N)c(F)cc2C(N)=O)cc1-c1ccoc1. The van der Waals surface area contributed by atoms with Gasteiger partial charge in [-0.15, -0.1) is 0 Å². The second kappa shape index (κ2) is 9.23. The van der Waals surface area contributed by atoms with Crippen molar-refractivity contribution in [1.82, 2.24) is 9.97 Å². The molecule has 168 valence electrons. The number of anilines is 3. The number of nitrogens with two attached hydrogens (primary N) is 2. The molecule has 3 heterocycles. The van der Waals surface area contributed by atoms with Crippen molar-refractivity contribution in [1.29, 1.82) is 0 Å². The lowest BCUT2D eigenvalue weighted by Crippen LogP contribution is -2.43. The molecule has 1 aliphatic rings. The summed E-state index contributed by atoms with van der Waals surface area (Å²) in [6.07, 6.45) is 8.34. The summed E-state index contributed by atoms with van der Waals surface area (Å²) in [5.41, 5.74) is 13.5. The van der Waals surface area contributed by atoms with Crippen molar-refractivity contribution < 1.29 is 18.3 Å². The van der Waals surface area contributed by atoms with Gasteiger partial charge in [-0.1, -0.05) is 12.8 Å². The van der Waals surface area contributed by atoms with Gasteiger partial charge in [0.25, 0.3) is 5.91 Å². The maximum atomic E-state index is 14.7. The molecule has 3 aromatic heterocycles. The molecule has 32 heavy (non-hydrogen) atoms. The molecule has 1 fully saturated rings. The molecule has 10 heteroatoms. The van der Waals surface area contributed by atoms with Crippen molar-refractivity contribution >= 4 is 23.2 Å². The van der Waals surface area contributed by atoms with Crippen LogP contribution in [-0.2, 0) is 0 Å². The molecule has 6 N–H and O–H groups in total. The standard InChI is InChI=1S/C22H25FN6O3/c1-31-22-14(12-6-7-32-11-12)8-13(10-26-22)27-20-15(19(25)30)9-16(23)21(29-20)28-18-5-3-2-4-17(18)24/h6-11,17-18H,2-5,24H2,1H3,(H2,25,30)(H2,27,28,29). The zero-order valence-corrected chi connectivity index (χ0v) is 17.6. The number of hydrogen-bond acceptors (Lipinski definition) is 8. The van der Waals surface area contributed by atoms with Gasteiger partial charge in [-0.05, 0) is 31.0 Å². The van der Waals surface area contributed by atoms with Gasteiger partial charge in [-0.2, -0.15) is 0 Å². The third-order valence-electron chi connectivity index (χ3n) is 5.52. The number of hydrogen-bond donors (Lipinski definition) is 4. The minimum Gasteiger partial charge on any atom is -0.481 e. The number of aromatic nitrogens is 2. The van der Waals surface area contributed by atoms with Gasteiger partial charge in [0.1, 0.15) is 5.82 Å². The van der Waals surface area contributed by atoms with Crippen LogP contribution in [0.15, 0.2) is 41.3 Å². The van der Waals surface area contributed by atoms with Crippen LogP contribution < -0.4 is 26.8 Å². The number of halogens is 1. The molecule has 1 saturated carbocycles. The number of carbonyl (C=O) groups is 1. The summed E-state index contributed by atoms with van der Waals surface area (Å²) in [7, 11) is 1.51. The Morgan fingerprint density at radius 1 is 1.28 bits per heavy atom. The molecule has 2 atom stereocenters. The highest BCUT2D eigenvalue weighted by molar-refractivity contribution is 5.98. The first-order valence-electron chi connectivity index (χ1n) is 10.3. The maximum absolute atomic E-state index is 14.7. The fourth-order valence-corrected chi connectivity index (χ4v) is 3.83. The van der Waals surface area contributed by atoms with Crippen LogP contribution in [0.1, 0.15) is 36.0 Å². The van der Waals surface area contributed by atoms with E-state index in [1.165, 1.54) is 19.6 Å². The summed E-state index contributed by atoms with van der Waals surface area (Å²) in [6.45, 7) is 0. The Labute approximate surface area is 184 Å². The van der Waals surface area contributed by atoms with E-state index in [4.69, 9.17) is 20.6 Å². The molecular weight excluding hydrogens is 415 g/mol. The highest BCUT2D eigenvalue weighted by atomic mass is 19.1. The van der Waals surface area contributed by atoms with Gasteiger partial charge >= 0.3 is 0 Å². The lowest BCUT2D eigenvalue weighted by Gasteiger charge is -2.30. The summed E-state index contributed by atoms with van der Waals surface area (Å²) in [6, 6.07) is 4.40. The van der Waals surface area contributed by atoms with Gasteiger partial charge in [0.05, 0.1) is 37.1 Å². The molecule has 2 unspecified atom stereocenters. The Bertz CT molecular complexity index is 1110. The number of ether oxygens (including phenoxy) is 1. The summed E-state index contributed by atoms with van der Waals surface area (Å²) in [5, 5.41) is 6.12. The zero-order chi connectivity index (χ0) is 22.7. The Morgan fingerprint density at radius 3 is 2.78 bits per heavy atom. The number of methoxy groups -OCH3 is 1. The molecular formula is C22H25FN6O3. The van der Waals surface area contributed by atoms with Crippen LogP contribution in [0.3, 0.4) is 0 Å². The van der Waals surface area contributed by atoms with E-state index in [2.05, 4.69) is 20.6 Å². The van der Waals surface area contributed by atoms with Crippen LogP contribution in [0.2, 0.25) is 0 Å². The van der Waals surface area contributed by atoms with Crippen LogP contribution in [0.5, 0.6) is 5.88 Å². The van der Waals surface area contributed by atoms with E-state index < -0.39 is 11.7 Å². The number of furan rings is 1. The van der Waals surface area contributed by atoms with E-state index in [-0.39, 0.29) is 29.3 Å². The topological polar surface area (TPSA) is 141 Å². The van der Waals surface area contributed by atoms with Crippen LogP contribution in [0, 0.1) is 5.82 Å². The van der Waals surface area contributed by atoms with Crippen LogP contribution in [0.25, 0.3) is 11.1 Å². The van der Waals surface area contributed by atoms with Gasteiger partial charge in [-0.3, -0.25) is 4.79 Å². The minimum absolute atomic E-state index is 0.0105. The fraction of sp³-hybridized carbons (Fsp3) is 0.318. The van der Waals surface area contributed by atoms with Crippen molar-refractivity contribution in [3.05, 3.63) is 48.3 Å². The number of nitrogens with zero attached hydrogens (tertiary/aromatic N) is 2. The predicted octanol–water partition coefficient (Wildman–Crippen LogP) is 3.41. The second-order valence-corrected chi connectivity index (χ2v) is 7.70. The smallest absolute Gasteiger partial charge is 0.252 e. The minimum atomic E-state index is -0.809. The number of pyridine rings is 2. The van der Waals surface area contributed by atoms with E-state index >= 15 is 0 Å². The number of amides is 1. The first-order valence-corrected chi connectivity index (χ1v) is 10.3. The zero-order valence-electron chi connectivity index (χ0n) is 17.6. The monoisotopic (exact) mass is 440 g/mol. The molecule has 0 radical (unpaired) electrons. The third-order valence-corrected chi connectivity index (χ3v) is 5.52. The predicted molar refractivity (Wildman–Crippen MR) is 118 cm³/mol. The fourth-order valence-electron chi connectivity index (χ4n) is 3.83. The van der Waals surface area contributed by atoms with Crippen molar-refractivity contribution in [3.63, 3.8) is 0 Å². The number of rotatable bonds is 7. The second-order valence-electron chi connectivity index (χ2n) is 7.70. The van der Waals surface area contributed by atoms with Gasteiger partial charge < -0.3 is 31.3 Å². The van der Waals surface area contributed by atoms with E-state index in [1.807, 2.05) is 0 Å². The van der Waals surface area contributed by atoms with Gasteiger partial charge in [0, 0.05) is 23.2 Å². The van der Waals surface area contributed by atoms with Crippen molar-refractivity contribution in [2.75, 3.05) is 17.7 Å². The average Bonchev–Trinajstić information content (AvgIpc) is 3.32. The molecule has 0 saturated heterocycles. The molecule has 1 amide bonds. The first-order chi connectivity index (χ1) is 15.5. The van der Waals surface area contributed by atoms with Crippen molar-refractivity contribution in [2.45, 2.75) is 37.8 Å². The van der Waals surface area contributed by atoms with Crippen LogP contribution >= 0.6 is 0 Å². The summed E-state index contributed by atoms with van der Waals surface area (Å²) >= 11 is 0. The summed E-state index contributed by atoms with van der Waals surface area (Å²) in [5.74, 6) is -0.967. The number of carbonyl (C=O) groups excluding carboxylic acids is 1. The van der Waals surface area contributed by atoms with Gasteiger partial charge in [0.2, 0.25) is 5.88 Å². The Morgan fingerprint density at radius 2 is 2.09 bits per heavy atom. The summed E-state index contributed by atoms with van der Waals surface area (Å²) in [4.78, 5) is 20.6. The van der Waals surface area contributed by atoms with E-state index in [0.717, 1.165) is 37.3 Å². The number of nitrogens with one attached hydrogen (secondary N) is 2. The Balaban J connectivity index is 1.68. The molecule has 0 bridgehead atoms. The molecule has 3 aromatic rings. The van der Waals surface area contributed by atoms with Gasteiger partial charge in [0.15, 0.2) is 11.6 Å². The molecule has 0 spiro atoms. The molecule has 1 aliphatic carbocycles. The largest absolute Gasteiger partial charge is 0.481 e. The highest BCUT2D eigenvalue weighted by Crippen LogP contribution is 2.32. The van der Waals surface area contributed by atoms with Crippen molar-refractivity contribution in [3.8, 4) is 17.0 Å². The van der Waals surface area contributed by atoms with Crippen molar-refractivity contribution in [2.24, 2.45) is 11.5 Å². The van der Waals surface area contributed by atoms with Gasteiger partial charge in [-0.25, -0.2) is 14.4 Å². The molecule has 4 rings (SSSR count).